The molecular weight excluding hydrogens is 388 g/mol. The average molecular weight is 415 g/mol. The highest BCUT2D eigenvalue weighted by Crippen LogP contribution is 2.28. The fourth-order valence-electron chi connectivity index (χ4n) is 3.45. The smallest absolute Gasteiger partial charge is 0.167 e. The first-order valence-electron chi connectivity index (χ1n) is 10.2. The SMILES string of the molecule is C=CC(/C=N/Nc1cc(N2CCOCC2)n2ncc(-c3ccccc3)c2n1)=C\C(=C)C. The number of nitrogens with zero attached hydrogens (tertiary/aromatic N) is 5. The van der Waals surface area contributed by atoms with Crippen molar-refractivity contribution in [3.63, 3.8) is 0 Å². The number of hydrazone groups is 1. The van der Waals surface area contributed by atoms with Crippen LogP contribution in [0.1, 0.15) is 6.92 Å². The fourth-order valence-corrected chi connectivity index (χ4v) is 3.45. The third-order valence-corrected chi connectivity index (χ3v) is 4.91. The van der Waals surface area contributed by atoms with Crippen molar-refractivity contribution >= 4 is 23.5 Å². The number of aromatic nitrogens is 3. The molecule has 7 heteroatoms. The number of allylic oxidation sites excluding steroid dienone is 4. The van der Waals surface area contributed by atoms with Crippen LogP contribution in [0.25, 0.3) is 16.8 Å². The first-order valence-corrected chi connectivity index (χ1v) is 10.2. The van der Waals surface area contributed by atoms with Gasteiger partial charge in [0.2, 0.25) is 0 Å². The Kier molecular flexibility index (Phi) is 6.24. The normalized spacial score (nSPS) is 14.9. The van der Waals surface area contributed by atoms with E-state index in [4.69, 9.17) is 9.72 Å². The first-order chi connectivity index (χ1) is 15.2. The number of nitrogens with one attached hydrogen (secondary N) is 1. The summed E-state index contributed by atoms with van der Waals surface area (Å²) in [6, 6.07) is 12.1. The number of fused-ring (bicyclic) bond motifs is 1. The number of anilines is 2. The summed E-state index contributed by atoms with van der Waals surface area (Å²) in [6.07, 6.45) is 7.22. The van der Waals surface area contributed by atoms with Gasteiger partial charge in [-0.15, -0.1) is 0 Å². The molecule has 1 aliphatic heterocycles. The van der Waals surface area contributed by atoms with E-state index in [0.717, 1.165) is 46.8 Å². The molecule has 4 rings (SSSR count). The first kappa shape index (κ1) is 20.6. The van der Waals surface area contributed by atoms with Gasteiger partial charge in [-0.3, -0.25) is 5.43 Å². The summed E-state index contributed by atoms with van der Waals surface area (Å²) < 4.78 is 7.41. The van der Waals surface area contributed by atoms with E-state index in [2.05, 4.69) is 45.8 Å². The minimum atomic E-state index is 0.640. The van der Waals surface area contributed by atoms with Gasteiger partial charge in [0.1, 0.15) is 5.82 Å². The van der Waals surface area contributed by atoms with Crippen LogP contribution in [0, 0.1) is 0 Å². The van der Waals surface area contributed by atoms with E-state index in [1.807, 2.05) is 48.0 Å². The molecule has 1 fully saturated rings. The number of benzene rings is 1. The third-order valence-electron chi connectivity index (χ3n) is 4.91. The highest BCUT2D eigenvalue weighted by molar-refractivity contribution is 5.83. The number of rotatable bonds is 7. The van der Waals surface area contributed by atoms with E-state index in [1.165, 1.54) is 0 Å². The topological polar surface area (TPSA) is 67.0 Å². The standard InChI is InChI=1S/C24H26N6O/c1-4-19(14-18(2)3)16-25-28-22-15-23(29-10-12-31-13-11-29)30-24(27-22)21(17-26-30)20-8-6-5-7-9-20/h4-9,14-17H,1-2,10-13H2,3H3,(H,27,28)/b19-14+,25-16+. The lowest BCUT2D eigenvalue weighted by molar-refractivity contribution is 0.122. The molecule has 0 bridgehead atoms. The Morgan fingerprint density at radius 3 is 2.71 bits per heavy atom. The van der Waals surface area contributed by atoms with Crippen LogP contribution < -0.4 is 10.3 Å². The molecule has 1 aliphatic rings. The van der Waals surface area contributed by atoms with Crippen molar-refractivity contribution in [1.82, 2.24) is 14.6 Å². The lowest BCUT2D eigenvalue weighted by Gasteiger charge is -2.29. The molecule has 0 saturated carbocycles. The number of hydrogen-bond acceptors (Lipinski definition) is 6. The molecule has 2 aromatic heterocycles. The zero-order chi connectivity index (χ0) is 21.6. The van der Waals surface area contributed by atoms with Crippen molar-refractivity contribution in [2.75, 3.05) is 36.6 Å². The van der Waals surface area contributed by atoms with Crippen LogP contribution in [0.5, 0.6) is 0 Å². The molecule has 158 valence electrons. The Balaban J connectivity index is 1.74. The molecule has 0 amide bonds. The maximum absolute atomic E-state index is 5.52. The second-order valence-corrected chi connectivity index (χ2v) is 7.32. The van der Waals surface area contributed by atoms with Crippen molar-refractivity contribution < 1.29 is 4.74 Å². The summed E-state index contributed by atoms with van der Waals surface area (Å²) in [5.41, 5.74) is 7.67. The second kappa shape index (κ2) is 9.40. The Labute approximate surface area is 182 Å². The van der Waals surface area contributed by atoms with Crippen LogP contribution in [-0.4, -0.2) is 47.1 Å². The van der Waals surface area contributed by atoms with Gasteiger partial charge in [0.15, 0.2) is 11.5 Å². The minimum absolute atomic E-state index is 0.640. The third kappa shape index (κ3) is 4.73. The molecule has 0 spiro atoms. The number of hydrogen-bond donors (Lipinski definition) is 1. The summed E-state index contributed by atoms with van der Waals surface area (Å²) in [7, 11) is 0. The Bertz CT molecular complexity index is 1140. The van der Waals surface area contributed by atoms with Crippen LogP contribution in [0.4, 0.5) is 11.6 Å². The van der Waals surface area contributed by atoms with Crippen molar-refractivity contribution in [3.05, 3.63) is 79.1 Å². The molecule has 3 heterocycles. The maximum atomic E-state index is 5.52. The van der Waals surface area contributed by atoms with E-state index in [1.54, 1.807) is 12.3 Å². The minimum Gasteiger partial charge on any atom is -0.378 e. The van der Waals surface area contributed by atoms with Gasteiger partial charge in [0, 0.05) is 24.7 Å². The summed E-state index contributed by atoms with van der Waals surface area (Å²) in [4.78, 5) is 7.06. The summed E-state index contributed by atoms with van der Waals surface area (Å²) in [5, 5.41) is 8.99. The van der Waals surface area contributed by atoms with Gasteiger partial charge in [0.25, 0.3) is 0 Å². The predicted molar refractivity (Wildman–Crippen MR) is 127 cm³/mol. The molecule has 1 N–H and O–H groups in total. The largest absolute Gasteiger partial charge is 0.378 e. The molecule has 0 unspecified atom stereocenters. The van der Waals surface area contributed by atoms with Gasteiger partial charge in [-0.25, -0.2) is 4.98 Å². The lowest BCUT2D eigenvalue weighted by atomic mass is 10.1. The molecule has 1 saturated heterocycles. The summed E-state index contributed by atoms with van der Waals surface area (Å²) in [5.74, 6) is 1.59. The van der Waals surface area contributed by atoms with Crippen LogP contribution in [0.3, 0.4) is 0 Å². The van der Waals surface area contributed by atoms with Crippen molar-refractivity contribution in [3.8, 4) is 11.1 Å². The van der Waals surface area contributed by atoms with Crippen LogP contribution in [-0.2, 0) is 4.74 Å². The molecule has 1 aromatic carbocycles. The molecule has 7 nitrogen and oxygen atoms in total. The molecule has 0 radical (unpaired) electrons. The zero-order valence-electron chi connectivity index (χ0n) is 17.7. The lowest BCUT2D eigenvalue weighted by Crippen LogP contribution is -2.37. The molecule has 0 atom stereocenters. The number of morpholine rings is 1. The van der Waals surface area contributed by atoms with Crippen LogP contribution >= 0.6 is 0 Å². The van der Waals surface area contributed by atoms with Crippen LogP contribution in [0.2, 0.25) is 0 Å². The van der Waals surface area contributed by atoms with E-state index >= 15 is 0 Å². The molecule has 0 aliphatic carbocycles. The fraction of sp³-hybridized carbons (Fsp3) is 0.208. The van der Waals surface area contributed by atoms with Crippen molar-refractivity contribution in [2.45, 2.75) is 6.92 Å². The number of ether oxygens (including phenoxy) is 1. The van der Waals surface area contributed by atoms with Gasteiger partial charge in [0.05, 0.1) is 25.6 Å². The zero-order valence-corrected chi connectivity index (χ0v) is 17.7. The summed E-state index contributed by atoms with van der Waals surface area (Å²) in [6.45, 7) is 12.6. The highest BCUT2D eigenvalue weighted by atomic mass is 16.5. The molecule has 31 heavy (non-hydrogen) atoms. The monoisotopic (exact) mass is 414 g/mol. The van der Waals surface area contributed by atoms with Crippen molar-refractivity contribution in [1.29, 1.82) is 0 Å². The Morgan fingerprint density at radius 2 is 2.00 bits per heavy atom. The molecule has 3 aromatic rings. The maximum Gasteiger partial charge on any atom is 0.167 e. The van der Waals surface area contributed by atoms with Gasteiger partial charge in [-0.05, 0) is 18.1 Å². The quantitative estimate of drug-likeness (QED) is 0.354. The van der Waals surface area contributed by atoms with Gasteiger partial charge in [-0.2, -0.15) is 14.7 Å². The van der Waals surface area contributed by atoms with Crippen LogP contribution in [0.15, 0.2) is 84.2 Å². The average Bonchev–Trinajstić information content (AvgIpc) is 3.23. The molecular formula is C24H26N6O. The van der Waals surface area contributed by atoms with Gasteiger partial charge >= 0.3 is 0 Å². The van der Waals surface area contributed by atoms with Gasteiger partial charge in [-0.1, -0.05) is 61.2 Å². The Hall–Kier alpha value is -3.71. The summed E-state index contributed by atoms with van der Waals surface area (Å²) >= 11 is 0. The van der Waals surface area contributed by atoms with Crippen molar-refractivity contribution in [2.24, 2.45) is 5.10 Å². The van der Waals surface area contributed by atoms with E-state index in [0.29, 0.717) is 19.0 Å². The van der Waals surface area contributed by atoms with E-state index < -0.39 is 0 Å². The van der Waals surface area contributed by atoms with Gasteiger partial charge < -0.3 is 9.64 Å². The van der Waals surface area contributed by atoms with E-state index in [9.17, 15) is 0 Å². The van der Waals surface area contributed by atoms with E-state index in [-0.39, 0.29) is 0 Å². The Morgan fingerprint density at radius 1 is 1.23 bits per heavy atom. The highest BCUT2D eigenvalue weighted by Gasteiger charge is 2.19. The predicted octanol–water partition coefficient (Wildman–Crippen LogP) is 4.32. The second-order valence-electron chi connectivity index (χ2n) is 7.32.